The summed E-state index contributed by atoms with van der Waals surface area (Å²) in [4.78, 5) is 28.1. The zero-order valence-corrected chi connectivity index (χ0v) is 15.6. The zero-order chi connectivity index (χ0) is 19.9. The summed E-state index contributed by atoms with van der Waals surface area (Å²) in [6.07, 6.45) is 0. The number of esters is 1. The molecule has 144 valence electrons. The SMILES string of the molecule is COc1ccccc1C(=O)NCC(=O)OCc1nc(-c2ccccc2Cl)no1. The van der Waals surface area contributed by atoms with Crippen molar-refractivity contribution in [3.8, 4) is 17.1 Å². The summed E-state index contributed by atoms with van der Waals surface area (Å²) in [7, 11) is 1.46. The lowest BCUT2D eigenvalue weighted by Gasteiger charge is -2.08. The minimum atomic E-state index is -0.652. The van der Waals surface area contributed by atoms with E-state index in [0.717, 1.165) is 0 Å². The maximum Gasteiger partial charge on any atom is 0.325 e. The quantitative estimate of drug-likeness (QED) is 0.607. The number of halogens is 1. The van der Waals surface area contributed by atoms with Crippen molar-refractivity contribution in [2.24, 2.45) is 0 Å². The molecule has 1 amide bonds. The molecule has 0 aliphatic rings. The number of ether oxygens (including phenoxy) is 2. The molecule has 1 heterocycles. The number of carbonyl (C=O) groups excluding carboxylic acids is 2. The van der Waals surface area contributed by atoms with E-state index in [0.29, 0.717) is 27.7 Å². The van der Waals surface area contributed by atoms with Crippen LogP contribution < -0.4 is 10.1 Å². The molecule has 3 aromatic rings. The van der Waals surface area contributed by atoms with Crippen LogP contribution in [0.15, 0.2) is 53.1 Å². The van der Waals surface area contributed by atoms with Crippen LogP contribution in [0.2, 0.25) is 5.02 Å². The van der Waals surface area contributed by atoms with Gasteiger partial charge in [-0.25, -0.2) is 0 Å². The van der Waals surface area contributed by atoms with Gasteiger partial charge in [0.15, 0.2) is 6.61 Å². The maximum atomic E-state index is 12.1. The van der Waals surface area contributed by atoms with Crippen molar-refractivity contribution in [1.82, 2.24) is 15.5 Å². The van der Waals surface area contributed by atoms with Crippen LogP contribution >= 0.6 is 11.6 Å². The summed E-state index contributed by atoms with van der Waals surface area (Å²) in [5.74, 6) is -0.291. The first kappa shape index (κ1) is 19.4. The van der Waals surface area contributed by atoms with Gasteiger partial charge in [-0.2, -0.15) is 4.98 Å². The number of nitrogens with zero attached hydrogens (tertiary/aromatic N) is 2. The smallest absolute Gasteiger partial charge is 0.325 e. The molecule has 3 rings (SSSR count). The Kier molecular flexibility index (Phi) is 6.23. The molecule has 0 aliphatic carbocycles. The highest BCUT2D eigenvalue weighted by molar-refractivity contribution is 6.33. The third-order valence-corrected chi connectivity index (χ3v) is 4.01. The Morgan fingerprint density at radius 1 is 1.14 bits per heavy atom. The Hall–Kier alpha value is -3.39. The van der Waals surface area contributed by atoms with Gasteiger partial charge in [-0.3, -0.25) is 9.59 Å². The van der Waals surface area contributed by atoms with E-state index < -0.39 is 11.9 Å². The molecule has 8 nitrogen and oxygen atoms in total. The highest BCUT2D eigenvalue weighted by Crippen LogP contribution is 2.24. The van der Waals surface area contributed by atoms with Crippen LogP contribution in [0, 0.1) is 0 Å². The minimum absolute atomic E-state index is 0.110. The average Bonchev–Trinajstić information content (AvgIpc) is 3.19. The van der Waals surface area contributed by atoms with Crippen molar-refractivity contribution >= 4 is 23.5 Å². The van der Waals surface area contributed by atoms with E-state index in [1.54, 1.807) is 48.5 Å². The monoisotopic (exact) mass is 401 g/mol. The van der Waals surface area contributed by atoms with Crippen LogP contribution in [0.3, 0.4) is 0 Å². The standard InChI is InChI=1S/C19H16ClN3O5/c1-26-15-9-5-3-7-13(15)19(25)21-10-17(24)27-11-16-22-18(23-28-16)12-6-2-4-8-14(12)20/h2-9H,10-11H2,1H3,(H,21,25). The third kappa shape index (κ3) is 4.66. The van der Waals surface area contributed by atoms with Gasteiger partial charge < -0.3 is 19.3 Å². The number of methoxy groups -OCH3 is 1. The van der Waals surface area contributed by atoms with Crippen molar-refractivity contribution in [3.63, 3.8) is 0 Å². The van der Waals surface area contributed by atoms with Crippen LogP contribution in [0.1, 0.15) is 16.2 Å². The Labute approximate surface area is 165 Å². The van der Waals surface area contributed by atoms with E-state index in [1.807, 2.05) is 0 Å². The molecule has 0 bridgehead atoms. The highest BCUT2D eigenvalue weighted by Gasteiger charge is 2.15. The Balaban J connectivity index is 1.51. The first-order valence-electron chi connectivity index (χ1n) is 8.23. The topological polar surface area (TPSA) is 104 Å². The molecule has 0 atom stereocenters. The second-order valence-electron chi connectivity index (χ2n) is 5.54. The van der Waals surface area contributed by atoms with E-state index in [-0.39, 0.29) is 19.0 Å². The van der Waals surface area contributed by atoms with Crippen molar-refractivity contribution in [2.45, 2.75) is 6.61 Å². The van der Waals surface area contributed by atoms with Gasteiger partial charge >= 0.3 is 5.97 Å². The van der Waals surface area contributed by atoms with Gasteiger partial charge in [-0.05, 0) is 24.3 Å². The number of aromatic nitrogens is 2. The number of amides is 1. The molecule has 1 aromatic heterocycles. The number of carbonyl (C=O) groups is 2. The second kappa shape index (κ2) is 9.01. The fourth-order valence-corrected chi connectivity index (χ4v) is 2.56. The van der Waals surface area contributed by atoms with Gasteiger partial charge in [0.25, 0.3) is 11.8 Å². The fraction of sp³-hybridized carbons (Fsp3) is 0.158. The number of nitrogens with one attached hydrogen (secondary N) is 1. The Morgan fingerprint density at radius 2 is 1.89 bits per heavy atom. The van der Waals surface area contributed by atoms with Crippen LogP contribution in [-0.2, 0) is 16.1 Å². The zero-order valence-electron chi connectivity index (χ0n) is 14.8. The molecule has 0 saturated carbocycles. The number of hydrogen-bond donors (Lipinski definition) is 1. The fourth-order valence-electron chi connectivity index (χ4n) is 2.34. The van der Waals surface area contributed by atoms with Gasteiger partial charge in [0.1, 0.15) is 12.3 Å². The molecule has 0 aliphatic heterocycles. The molecule has 0 unspecified atom stereocenters. The molecule has 0 fully saturated rings. The lowest BCUT2D eigenvalue weighted by molar-refractivity contribution is -0.144. The second-order valence-corrected chi connectivity index (χ2v) is 5.94. The molecule has 0 spiro atoms. The predicted molar refractivity (Wildman–Crippen MR) is 99.9 cm³/mol. The number of para-hydroxylation sites is 1. The van der Waals surface area contributed by atoms with Crippen molar-refractivity contribution in [2.75, 3.05) is 13.7 Å². The molecule has 28 heavy (non-hydrogen) atoms. The lowest BCUT2D eigenvalue weighted by atomic mass is 10.2. The van der Waals surface area contributed by atoms with E-state index in [9.17, 15) is 9.59 Å². The van der Waals surface area contributed by atoms with Gasteiger partial charge in [0.2, 0.25) is 5.82 Å². The van der Waals surface area contributed by atoms with Crippen LogP contribution in [-0.4, -0.2) is 35.7 Å². The Morgan fingerprint density at radius 3 is 2.68 bits per heavy atom. The number of benzene rings is 2. The Bertz CT molecular complexity index is 989. The molecule has 9 heteroatoms. The van der Waals surface area contributed by atoms with E-state index in [4.69, 9.17) is 25.6 Å². The van der Waals surface area contributed by atoms with Gasteiger partial charge in [-0.15, -0.1) is 0 Å². The largest absolute Gasteiger partial charge is 0.496 e. The summed E-state index contributed by atoms with van der Waals surface area (Å²) >= 11 is 6.08. The van der Waals surface area contributed by atoms with Gasteiger partial charge in [0.05, 0.1) is 17.7 Å². The van der Waals surface area contributed by atoms with Gasteiger partial charge in [0, 0.05) is 5.56 Å². The molecule has 0 saturated heterocycles. The van der Waals surface area contributed by atoms with Crippen LogP contribution in [0.5, 0.6) is 5.75 Å². The van der Waals surface area contributed by atoms with E-state index >= 15 is 0 Å². The summed E-state index contributed by atoms with van der Waals surface area (Å²) in [5.41, 5.74) is 0.925. The van der Waals surface area contributed by atoms with Crippen molar-refractivity contribution in [1.29, 1.82) is 0 Å². The van der Waals surface area contributed by atoms with Gasteiger partial charge in [-0.1, -0.05) is 41.0 Å². The summed E-state index contributed by atoms with van der Waals surface area (Å²) in [6.45, 7) is -0.538. The number of hydrogen-bond acceptors (Lipinski definition) is 7. The highest BCUT2D eigenvalue weighted by atomic mass is 35.5. The molecule has 1 N–H and O–H groups in total. The molecule has 0 radical (unpaired) electrons. The van der Waals surface area contributed by atoms with E-state index in [2.05, 4.69) is 15.5 Å². The minimum Gasteiger partial charge on any atom is -0.496 e. The summed E-state index contributed by atoms with van der Waals surface area (Å²) in [5, 5.41) is 6.76. The summed E-state index contributed by atoms with van der Waals surface area (Å²) in [6, 6.07) is 13.7. The first-order chi connectivity index (χ1) is 13.6. The first-order valence-corrected chi connectivity index (χ1v) is 8.60. The molecule has 2 aromatic carbocycles. The van der Waals surface area contributed by atoms with E-state index in [1.165, 1.54) is 7.11 Å². The predicted octanol–water partition coefficient (Wildman–Crippen LogP) is 2.87. The number of rotatable bonds is 7. The third-order valence-electron chi connectivity index (χ3n) is 3.68. The van der Waals surface area contributed by atoms with Crippen molar-refractivity contribution < 1.29 is 23.6 Å². The van der Waals surface area contributed by atoms with Crippen LogP contribution in [0.25, 0.3) is 11.4 Å². The van der Waals surface area contributed by atoms with Crippen LogP contribution in [0.4, 0.5) is 0 Å². The molecular weight excluding hydrogens is 386 g/mol. The summed E-state index contributed by atoms with van der Waals surface area (Å²) < 4.78 is 15.2. The van der Waals surface area contributed by atoms with Crippen molar-refractivity contribution in [3.05, 3.63) is 65.0 Å². The maximum absolute atomic E-state index is 12.1. The lowest BCUT2D eigenvalue weighted by Crippen LogP contribution is -2.30. The average molecular weight is 402 g/mol. The normalized spacial score (nSPS) is 10.4. The molecular formula is C19H16ClN3O5.